The maximum Gasteiger partial charge on any atom is 0.254 e. The molecule has 1 aromatic rings. The molecular weight excluding hydrogens is 256 g/mol. The SMILES string of the molecule is COc1cccc(C(=O)N2CCN(CC(C)=O)CC2)c1. The molecule has 5 nitrogen and oxygen atoms in total. The van der Waals surface area contributed by atoms with E-state index in [-0.39, 0.29) is 11.7 Å². The van der Waals surface area contributed by atoms with Gasteiger partial charge >= 0.3 is 0 Å². The second-order valence-electron chi connectivity index (χ2n) is 5.00. The number of carbonyl (C=O) groups excluding carboxylic acids is 2. The Hall–Kier alpha value is -1.88. The molecule has 0 atom stereocenters. The molecule has 0 aromatic heterocycles. The van der Waals surface area contributed by atoms with Gasteiger partial charge in [0.1, 0.15) is 11.5 Å². The lowest BCUT2D eigenvalue weighted by Gasteiger charge is -2.34. The fourth-order valence-corrected chi connectivity index (χ4v) is 2.36. The summed E-state index contributed by atoms with van der Waals surface area (Å²) >= 11 is 0. The van der Waals surface area contributed by atoms with Crippen molar-refractivity contribution in [2.75, 3.05) is 39.8 Å². The average molecular weight is 276 g/mol. The average Bonchev–Trinajstić information content (AvgIpc) is 2.47. The number of ether oxygens (including phenoxy) is 1. The Kier molecular flexibility index (Phi) is 4.74. The molecule has 20 heavy (non-hydrogen) atoms. The molecule has 108 valence electrons. The van der Waals surface area contributed by atoms with Crippen LogP contribution in [0.4, 0.5) is 0 Å². The molecule has 1 aliphatic rings. The van der Waals surface area contributed by atoms with E-state index >= 15 is 0 Å². The highest BCUT2D eigenvalue weighted by molar-refractivity contribution is 5.94. The van der Waals surface area contributed by atoms with Crippen LogP contribution < -0.4 is 4.74 Å². The Morgan fingerprint density at radius 1 is 1.20 bits per heavy atom. The zero-order chi connectivity index (χ0) is 14.5. The molecule has 0 N–H and O–H groups in total. The molecular formula is C15H20N2O3. The second kappa shape index (κ2) is 6.52. The summed E-state index contributed by atoms with van der Waals surface area (Å²) in [5.41, 5.74) is 0.643. The Bertz CT molecular complexity index is 494. The molecule has 0 unspecified atom stereocenters. The maximum absolute atomic E-state index is 12.4. The van der Waals surface area contributed by atoms with Crippen LogP contribution in [-0.2, 0) is 4.79 Å². The van der Waals surface area contributed by atoms with Crippen LogP contribution in [0.1, 0.15) is 17.3 Å². The Morgan fingerprint density at radius 2 is 1.90 bits per heavy atom. The molecule has 5 heteroatoms. The lowest BCUT2D eigenvalue weighted by atomic mass is 10.1. The molecule has 2 rings (SSSR count). The van der Waals surface area contributed by atoms with Gasteiger partial charge in [0.25, 0.3) is 5.91 Å². The number of Topliss-reactive ketones (excluding diaryl/α,β-unsaturated/α-hetero) is 1. The summed E-state index contributed by atoms with van der Waals surface area (Å²) in [6, 6.07) is 7.19. The van der Waals surface area contributed by atoms with E-state index in [4.69, 9.17) is 4.74 Å². The van der Waals surface area contributed by atoms with Gasteiger partial charge in [0.2, 0.25) is 0 Å². The first-order chi connectivity index (χ1) is 9.60. The zero-order valence-electron chi connectivity index (χ0n) is 12.0. The van der Waals surface area contributed by atoms with Crippen molar-refractivity contribution in [2.24, 2.45) is 0 Å². The van der Waals surface area contributed by atoms with Crippen LogP contribution in [0.2, 0.25) is 0 Å². The first-order valence-corrected chi connectivity index (χ1v) is 6.75. The fourth-order valence-electron chi connectivity index (χ4n) is 2.36. The van der Waals surface area contributed by atoms with Crippen molar-refractivity contribution in [1.29, 1.82) is 0 Å². The molecule has 1 aliphatic heterocycles. The Balaban J connectivity index is 1.96. The number of nitrogens with zero attached hydrogens (tertiary/aromatic N) is 2. The van der Waals surface area contributed by atoms with Crippen LogP contribution in [0, 0.1) is 0 Å². The van der Waals surface area contributed by atoms with E-state index in [0.29, 0.717) is 30.9 Å². The summed E-state index contributed by atoms with van der Waals surface area (Å²) in [6.07, 6.45) is 0. The number of ketones is 1. The topological polar surface area (TPSA) is 49.9 Å². The monoisotopic (exact) mass is 276 g/mol. The van der Waals surface area contributed by atoms with Gasteiger partial charge in [0, 0.05) is 31.7 Å². The smallest absolute Gasteiger partial charge is 0.254 e. The van der Waals surface area contributed by atoms with E-state index < -0.39 is 0 Å². The van der Waals surface area contributed by atoms with Crippen LogP contribution in [0.25, 0.3) is 0 Å². The van der Waals surface area contributed by atoms with Gasteiger partial charge in [-0.15, -0.1) is 0 Å². The van der Waals surface area contributed by atoms with Gasteiger partial charge in [-0.1, -0.05) is 6.07 Å². The second-order valence-corrected chi connectivity index (χ2v) is 5.00. The number of hydrogen-bond acceptors (Lipinski definition) is 4. The Labute approximate surface area is 119 Å². The first kappa shape index (κ1) is 14.5. The summed E-state index contributed by atoms with van der Waals surface area (Å²) in [7, 11) is 1.59. The van der Waals surface area contributed by atoms with Crippen molar-refractivity contribution in [2.45, 2.75) is 6.92 Å². The third kappa shape index (κ3) is 3.57. The molecule has 0 radical (unpaired) electrons. The highest BCUT2D eigenvalue weighted by Gasteiger charge is 2.22. The summed E-state index contributed by atoms with van der Waals surface area (Å²) in [5.74, 6) is 0.870. The van der Waals surface area contributed by atoms with E-state index in [1.54, 1.807) is 26.2 Å². The van der Waals surface area contributed by atoms with Crippen LogP contribution in [0.5, 0.6) is 5.75 Å². The molecule has 0 saturated carbocycles. The number of piperazine rings is 1. The number of benzene rings is 1. The molecule has 1 heterocycles. The molecule has 1 fully saturated rings. The van der Waals surface area contributed by atoms with Gasteiger partial charge < -0.3 is 9.64 Å². The fraction of sp³-hybridized carbons (Fsp3) is 0.467. The van der Waals surface area contributed by atoms with Crippen molar-refractivity contribution >= 4 is 11.7 Å². The summed E-state index contributed by atoms with van der Waals surface area (Å²) in [6.45, 7) is 4.87. The van der Waals surface area contributed by atoms with Crippen molar-refractivity contribution in [3.05, 3.63) is 29.8 Å². The minimum absolute atomic E-state index is 0.0198. The molecule has 1 amide bonds. The maximum atomic E-state index is 12.4. The molecule has 0 bridgehead atoms. The van der Waals surface area contributed by atoms with E-state index in [2.05, 4.69) is 4.90 Å². The van der Waals surface area contributed by atoms with E-state index in [0.717, 1.165) is 13.1 Å². The largest absolute Gasteiger partial charge is 0.497 e. The molecule has 0 spiro atoms. The van der Waals surface area contributed by atoms with E-state index in [1.165, 1.54) is 0 Å². The van der Waals surface area contributed by atoms with Gasteiger partial charge in [-0.3, -0.25) is 14.5 Å². The van der Waals surface area contributed by atoms with Crippen LogP contribution >= 0.6 is 0 Å². The van der Waals surface area contributed by atoms with Crippen LogP contribution in [-0.4, -0.2) is 61.3 Å². The Morgan fingerprint density at radius 3 is 2.50 bits per heavy atom. The standard InChI is InChI=1S/C15H20N2O3/c1-12(18)11-16-6-8-17(9-7-16)15(19)13-4-3-5-14(10-13)20-2/h3-5,10H,6-9,11H2,1-2H3. The van der Waals surface area contributed by atoms with Gasteiger partial charge in [-0.25, -0.2) is 0 Å². The first-order valence-electron chi connectivity index (χ1n) is 6.75. The van der Waals surface area contributed by atoms with Crippen molar-refractivity contribution < 1.29 is 14.3 Å². The number of rotatable bonds is 4. The predicted molar refractivity (Wildman–Crippen MR) is 76.0 cm³/mol. The van der Waals surface area contributed by atoms with Crippen molar-refractivity contribution in [3.8, 4) is 5.75 Å². The zero-order valence-corrected chi connectivity index (χ0v) is 12.0. The highest BCUT2D eigenvalue weighted by atomic mass is 16.5. The van der Waals surface area contributed by atoms with Crippen LogP contribution in [0.3, 0.4) is 0 Å². The van der Waals surface area contributed by atoms with Gasteiger partial charge in [-0.05, 0) is 25.1 Å². The third-order valence-corrected chi connectivity index (χ3v) is 3.42. The van der Waals surface area contributed by atoms with Crippen molar-refractivity contribution in [1.82, 2.24) is 9.80 Å². The van der Waals surface area contributed by atoms with Crippen molar-refractivity contribution in [3.63, 3.8) is 0 Å². The third-order valence-electron chi connectivity index (χ3n) is 3.42. The highest BCUT2D eigenvalue weighted by Crippen LogP contribution is 2.15. The predicted octanol–water partition coefficient (Wildman–Crippen LogP) is 1.04. The van der Waals surface area contributed by atoms with Gasteiger partial charge in [0.05, 0.1) is 13.7 Å². The molecule has 1 saturated heterocycles. The number of methoxy groups -OCH3 is 1. The number of hydrogen-bond donors (Lipinski definition) is 0. The van der Waals surface area contributed by atoms with Crippen LogP contribution in [0.15, 0.2) is 24.3 Å². The molecule has 1 aromatic carbocycles. The van der Waals surface area contributed by atoms with Gasteiger partial charge in [0.15, 0.2) is 0 Å². The molecule has 0 aliphatic carbocycles. The normalized spacial score (nSPS) is 16.0. The quantitative estimate of drug-likeness (QED) is 0.824. The minimum atomic E-state index is 0.0198. The summed E-state index contributed by atoms with van der Waals surface area (Å²) in [4.78, 5) is 27.4. The minimum Gasteiger partial charge on any atom is -0.497 e. The van der Waals surface area contributed by atoms with E-state index in [9.17, 15) is 9.59 Å². The lowest BCUT2D eigenvalue weighted by Crippen LogP contribution is -2.49. The number of amides is 1. The van der Waals surface area contributed by atoms with E-state index in [1.807, 2.05) is 17.0 Å². The number of carbonyl (C=O) groups is 2. The lowest BCUT2D eigenvalue weighted by molar-refractivity contribution is -0.118. The summed E-state index contributed by atoms with van der Waals surface area (Å²) in [5, 5.41) is 0. The van der Waals surface area contributed by atoms with Gasteiger partial charge in [-0.2, -0.15) is 0 Å². The summed E-state index contributed by atoms with van der Waals surface area (Å²) < 4.78 is 5.14.